The maximum atomic E-state index is 9.73. The summed E-state index contributed by atoms with van der Waals surface area (Å²) in [5.74, 6) is 0.831. The van der Waals surface area contributed by atoms with E-state index < -0.39 is 0 Å². The Morgan fingerprint density at radius 3 is 2.41 bits per heavy atom. The molecule has 0 unspecified atom stereocenters. The normalized spacial score (nSPS) is 21.6. The maximum Gasteiger partial charge on any atom is 0.205 e. The van der Waals surface area contributed by atoms with Crippen molar-refractivity contribution in [1.29, 1.82) is 5.26 Å². The van der Waals surface area contributed by atoms with Gasteiger partial charge >= 0.3 is 0 Å². The highest BCUT2D eigenvalue weighted by atomic mass is 16.5. The van der Waals surface area contributed by atoms with Crippen LogP contribution in [-0.2, 0) is 4.74 Å². The third-order valence-electron chi connectivity index (χ3n) is 4.97. The second kappa shape index (κ2) is 7.14. The van der Waals surface area contributed by atoms with Crippen LogP contribution in [0.2, 0.25) is 0 Å². The van der Waals surface area contributed by atoms with E-state index in [1.807, 2.05) is 48.5 Å². The topological polar surface area (TPSA) is 62.3 Å². The fraction of sp³-hybridized carbons (Fsp3) is 0.174. The van der Waals surface area contributed by atoms with Gasteiger partial charge in [0, 0.05) is 18.7 Å². The van der Waals surface area contributed by atoms with E-state index in [4.69, 9.17) is 10.5 Å². The molecule has 0 spiro atoms. The van der Waals surface area contributed by atoms with Crippen molar-refractivity contribution in [3.8, 4) is 6.07 Å². The molecule has 2 aromatic rings. The molecule has 0 saturated carbocycles. The fourth-order valence-electron chi connectivity index (χ4n) is 3.82. The predicted molar refractivity (Wildman–Crippen MR) is 106 cm³/mol. The first-order valence-electron chi connectivity index (χ1n) is 8.97. The van der Waals surface area contributed by atoms with Gasteiger partial charge in [-0.3, -0.25) is 4.90 Å². The summed E-state index contributed by atoms with van der Waals surface area (Å²) in [5.41, 5.74) is 11.0. The molecule has 0 amide bonds. The van der Waals surface area contributed by atoms with Gasteiger partial charge in [0.05, 0.1) is 5.92 Å². The average molecular weight is 355 g/mol. The van der Waals surface area contributed by atoms with E-state index in [0.29, 0.717) is 5.57 Å². The number of hydrogen-bond donors (Lipinski definition) is 1. The summed E-state index contributed by atoms with van der Waals surface area (Å²) in [4.78, 5) is 2.24. The van der Waals surface area contributed by atoms with Gasteiger partial charge in [0.1, 0.15) is 17.4 Å². The molecular weight excluding hydrogens is 334 g/mol. The molecule has 0 radical (unpaired) electrons. The standard InChI is InChI=1S/C23H21N3O/c1-26-14-18(12-16-8-4-2-5-9-16)22-20(15-26)21(17-10-6-3-7-11-17)19(13-24)23(25)27-22/h2-12,21H,14-15,25H2,1H3/b18-12+/t21-/m0/s1. The molecular formula is C23H21N3O. The Kier molecular flexibility index (Phi) is 4.53. The lowest BCUT2D eigenvalue weighted by molar-refractivity contribution is 0.251. The minimum atomic E-state index is -0.179. The molecule has 0 aromatic heterocycles. The Bertz CT molecular complexity index is 981. The lowest BCUT2D eigenvalue weighted by atomic mass is 9.80. The summed E-state index contributed by atoms with van der Waals surface area (Å²) in [5, 5.41) is 9.73. The van der Waals surface area contributed by atoms with Crippen LogP contribution in [0.15, 0.2) is 89.0 Å². The van der Waals surface area contributed by atoms with Crippen LogP contribution in [0.4, 0.5) is 0 Å². The van der Waals surface area contributed by atoms with Crippen molar-refractivity contribution >= 4 is 6.08 Å². The van der Waals surface area contributed by atoms with Crippen molar-refractivity contribution in [2.45, 2.75) is 5.92 Å². The smallest absolute Gasteiger partial charge is 0.205 e. The van der Waals surface area contributed by atoms with Gasteiger partial charge in [-0.1, -0.05) is 60.7 Å². The number of nitriles is 1. The Balaban J connectivity index is 1.87. The number of ether oxygens (including phenoxy) is 1. The Hall–Kier alpha value is -3.29. The Labute approximate surface area is 159 Å². The monoisotopic (exact) mass is 355 g/mol. The third kappa shape index (κ3) is 3.25. The summed E-state index contributed by atoms with van der Waals surface area (Å²) >= 11 is 0. The number of likely N-dealkylation sites (N-methyl/N-ethyl adjacent to an activating group) is 1. The molecule has 4 rings (SSSR count). The molecule has 2 N–H and O–H groups in total. The van der Waals surface area contributed by atoms with Crippen LogP contribution < -0.4 is 5.73 Å². The van der Waals surface area contributed by atoms with Gasteiger partial charge in [0.2, 0.25) is 5.88 Å². The largest absolute Gasteiger partial charge is 0.440 e. The second-order valence-electron chi connectivity index (χ2n) is 6.94. The van der Waals surface area contributed by atoms with Gasteiger partial charge in [-0.05, 0) is 29.8 Å². The maximum absolute atomic E-state index is 9.73. The number of benzene rings is 2. The predicted octanol–water partition coefficient (Wildman–Crippen LogP) is 3.78. The van der Waals surface area contributed by atoms with Crippen LogP contribution in [0.5, 0.6) is 0 Å². The zero-order valence-electron chi connectivity index (χ0n) is 15.2. The van der Waals surface area contributed by atoms with Crippen molar-refractivity contribution < 1.29 is 4.74 Å². The van der Waals surface area contributed by atoms with Gasteiger partial charge in [-0.25, -0.2) is 0 Å². The van der Waals surface area contributed by atoms with Crippen molar-refractivity contribution in [2.24, 2.45) is 5.73 Å². The lowest BCUT2D eigenvalue weighted by Gasteiger charge is -2.36. The first-order valence-corrected chi connectivity index (χ1v) is 8.97. The van der Waals surface area contributed by atoms with E-state index in [9.17, 15) is 5.26 Å². The molecule has 27 heavy (non-hydrogen) atoms. The van der Waals surface area contributed by atoms with E-state index in [1.54, 1.807) is 0 Å². The number of hydrogen-bond acceptors (Lipinski definition) is 4. The molecule has 0 bridgehead atoms. The molecule has 0 aliphatic carbocycles. The van der Waals surface area contributed by atoms with Crippen LogP contribution in [0.1, 0.15) is 17.0 Å². The highest BCUT2D eigenvalue weighted by Gasteiger charge is 2.36. The summed E-state index contributed by atoms with van der Waals surface area (Å²) in [7, 11) is 2.08. The van der Waals surface area contributed by atoms with Crippen LogP contribution >= 0.6 is 0 Å². The number of nitrogens with two attached hydrogens (primary N) is 1. The third-order valence-corrected chi connectivity index (χ3v) is 4.97. The second-order valence-corrected chi connectivity index (χ2v) is 6.94. The van der Waals surface area contributed by atoms with Gasteiger partial charge < -0.3 is 10.5 Å². The minimum Gasteiger partial charge on any atom is -0.440 e. The van der Waals surface area contributed by atoms with Crippen LogP contribution in [-0.4, -0.2) is 25.0 Å². The van der Waals surface area contributed by atoms with Crippen molar-refractivity contribution in [3.05, 3.63) is 100 Å². The molecule has 0 saturated heterocycles. The van der Waals surface area contributed by atoms with Gasteiger partial charge in [0.15, 0.2) is 0 Å². The quantitative estimate of drug-likeness (QED) is 0.890. The Morgan fingerprint density at radius 1 is 1.07 bits per heavy atom. The van der Waals surface area contributed by atoms with E-state index in [-0.39, 0.29) is 11.8 Å². The number of nitrogens with zero attached hydrogens (tertiary/aromatic N) is 2. The SMILES string of the molecule is CN1CC2=C(OC(N)=C(C#N)[C@@H]2c2ccccc2)/C(=C/c2ccccc2)C1. The fourth-order valence-corrected chi connectivity index (χ4v) is 3.82. The summed E-state index contributed by atoms with van der Waals surface area (Å²) in [6.45, 7) is 1.50. The highest BCUT2D eigenvalue weighted by Crippen LogP contribution is 2.43. The number of allylic oxidation sites excluding steroid dienone is 1. The molecule has 2 aromatic carbocycles. The van der Waals surface area contributed by atoms with Crippen molar-refractivity contribution in [1.82, 2.24) is 4.90 Å². The van der Waals surface area contributed by atoms with E-state index in [2.05, 4.69) is 36.2 Å². The van der Waals surface area contributed by atoms with Crippen LogP contribution in [0, 0.1) is 11.3 Å². The molecule has 0 fully saturated rings. The molecule has 134 valence electrons. The molecule has 2 aliphatic heterocycles. The summed E-state index contributed by atoms with van der Waals surface area (Å²) in [6.07, 6.45) is 2.14. The zero-order chi connectivity index (χ0) is 18.8. The highest BCUT2D eigenvalue weighted by molar-refractivity contribution is 5.62. The Morgan fingerprint density at radius 2 is 1.74 bits per heavy atom. The molecule has 4 nitrogen and oxygen atoms in total. The van der Waals surface area contributed by atoms with Crippen LogP contribution in [0.25, 0.3) is 6.08 Å². The van der Waals surface area contributed by atoms with Gasteiger partial charge in [-0.2, -0.15) is 5.26 Å². The zero-order valence-corrected chi connectivity index (χ0v) is 15.2. The van der Waals surface area contributed by atoms with Crippen molar-refractivity contribution in [2.75, 3.05) is 20.1 Å². The number of rotatable bonds is 2. The molecule has 4 heteroatoms. The van der Waals surface area contributed by atoms with E-state index in [1.165, 1.54) is 0 Å². The van der Waals surface area contributed by atoms with Gasteiger partial charge in [-0.15, -0.1) is 0 Å². The average Bonchev–Trinajstić information content (AvgIpc) is 2.69. The van der Waals surface area contributed by atoms with Gasteiger partial charge in [0.25, 0.3) is 0 Å². The minimum absolute atomic E-state index is 0.179. The first kappa shape index (κ1) is 17.1. The first-order chi connectivity index (χ1) is 13.2. The van der Waals surface area contributed by atoms with E-state index in [0.717, 1.165) is 41.1 Å². The lowest BCUT2D eigenvalue weighted by Crippen LogP contribution is -2.35. The van der Waals surface area contributed by atoms with Crippen molar-refractivity contribution in [3.63, 3.8) is 0 Å². The van der Waals surface area contributed by atoms with Crippen LogP contribution in [0.3, 0.4) is 0 Å². The molecule has 2 aliphatic rings. The summed E-state index contributed by atoms with van der Waals surface area (Å²) in [6, 6.07) is 22.5. The van der Waals surface area contributed by atoms with E-state index >= 15 is 0 Å². The molecule has 2 heterocycles. The summed E-state index contributed by atoms with van der Waals surface area (Å²) < 4.78 is 6.00. The molecule has 1 atom stereocenters.